The number of nitrogens with zero attached hydrogens (tertiary/aromatic N) is 1. The van der Waals surface area contributed by atoms with E-state index in [1.807, 2.05) is 12.1 Å². The molecule has 2 nitrogen and oxygen atoms in total. The molecule has 0 aliphatic heterocycles. The van der Waals surface area contributed by atoms with Gasteiger partial charge in [0, 0.05) is 26.7 Å². The summed E-state index contributed by atoms with van der Waals surface area (Å²) in [6, 6.07) is 6.21. The number of halogens is 2. The molecular weight excluding hydrogens is 357 g/mol. The number of fused-ring (bicyclic) bond motifs is 1. The van der Waals surface area contributed by atoms with Crippen LogP contribution in [0.3, 0.4) is 0 Å². The Labute approximate surface area is 105 Å². The number of methoxy groups -OCH3 is 1. The summed E-state index contributed by atoms with van der Waals surface area (Å²) in [4.78, 5) is 0. The molecule has 4 heteroatoms. The van der Waals surface area contributed by atoms with Crippen LogP contribution in [0.5, 0.6) is 0 Å². The minimum absolute atomic E-state index is 0.585. The zero-order valence-electron chi connectivity index (χ0n) is 7.63. The molecule has 0 fully saturated rings. The molecule has 0 atom stereocenters. The Bertz CT molecular complexity index is 466. The van der Waals surface area contributed by atoms with Crippen molar-refractivity contribution in [2.75, 3.05) is 7.11 Å². The minimum Gasteiger partial charge on any atom is -0.364 e. The third-order valence-corrected chi connectivity index (χ3v) is 3.57. The van der Waals surface area contributed by atoms with E-state index in [2.05, 4.69) is 55.4 Å². The molecule has 14 heavy (non-hydrogen) atoms. The standard InChI is InChI=1S/C10H9BrINO/c1-14-6-13-5-9(12)7-3-2-4-8(11)10(7)13/h2-5H,6H2,1H3. The highest BCUT2D eigenvalue weighted by atomic mass is 127. The van der Waals surface area contributed by atoms with E-state index in [0.29, 0.717) is 6.73 Å². The van der Waals surface area contributed by atoms with Crippen LogP contribution in [0.25, 0.3) is 10.9 Å². The number of hydrogen-bond acceptors (Lipinski definition) is 1. The van der Waals surface area contributed by atoms with Gasteiger partial charge in [-0.3, -0.25) is 0 Å². The van der Waals surface area contributed by atoms with Crippen LogP contribution in [0, 0.1) is 3.57 Å². The lowest BCUT2D eigenvalue weighted by molar-refractivity contribution is 0.134. The van der Waals surface area contributed by atoms with E-state index >= 15 is 0 Å². The first-order valence-electron chi connectivity index (χ1n) is 4.16. The number of rotatable bonds is 2. The first-order valence-corrected chi connectivity index (χ1v) is 6.03. The zero-order valence-corrected chi connectivity index (χ0v) is 11.4. The van der Waals surface area contributed by atoms with Gasteiger partial charge in [-0.25, -0.2) is 0 Å². The molecule has 2 aromatic rings. The average Bonchev–Trinajstić information content (AvgIpc) is 2.46. The van der Waals surface area contributed by atoms with Crippen LogP contribution in [0.1, 0.15) is 0 Å². The van der Waals surface area contributed by atoms with Crippen LogP contribution < -0.4 is 0 Å². The molecule has 2 rings (SSSR count). The monoisotopic (exact) mass is 365 g/mol. The Morgan fingerprint density at radius 3 is 3.00 bits per heavy atom. The van der Waals surface area contributed by atoms with Gasteiger partial charge >= 0.3 is 0 Å². The molecule has 0 saturated carbocycles. The largest absolute Gasteiger partial charge is 0.364 e. The van der Waals surface area contributed by atoms with Crippen molar-refractivity contribution in [1.29, 1.82) is 0 Å². The molecule has 1 aromatic heterocycles. The van der Waals surface area contributed by atoms with Gasteiger partial charge in [0.2, 0.25) is 0 Å². The van der Waals surface area contributed by atoms with E-state index in [1.54, 1.807) is 7.11 Å². The first kappa shape index (κ1) is 10.4. The molecule has 0 bridgehead atoms. The molecule has 1 aromatic carbocycles. The predicted molar refractivity (Wildman–Crippen MR) is 69.4 cm³/mol. The maximum atomic E-state index is 5.14. The van der Waals surface area contributed by atoms with Gasteiger partial charge in [0.25, 0.3) is 0 Å². The number of para-hydroxylation sites is 1. The van der Waals surface area contributed by atoms with Crippen molar-refractivity contribution in [2.24, 2.45) is 0 Å². The summed E-state index contributed by atoms with van der Waals surface area (Å²) in [6.07, 6.45) is 2.10. The second-order valence-electron chi connectivity index (χ2n) is 3.00. The average molecular weight is 366 g/mol. The van der Waals surface area contributed by atoms with Crippen molar-refractivity contribution in [3.63, 3.8) is 0 Å². The van der Waals surface area contributed by atoms with Crippen LogP contribution in [0.2, 0.25) is 0 Å². The molecule has 74 valence electrons. The van der Waals surface area contributed by atoms with E-state index in [4.69, 9.17) is 4.74 Å². The van der Waals surface area contributed by atoms with E-state index in [9.17, 15) is 0 Å². The van der Waals surface area contributed by atoms with Gasteiger partial charge in [0.15, 0.2) is 0 Å². The normalized spacial score (nSPS) is 11.1. The second kappa shape index (κ2) is 4.20. The molecular formula is C10H9BrINO. The van der Waals surface area contributed by atoms with Crippen molar-refractivity contribution in [3.05, 3.63) is 32.4 Å². The summed E-state index contributed by atoms with van der Waals surface area (Å²) in [5.74, 6) is 0. The molecule has 1 heterocycles. The van der Waals surface area contributed by atoms with Gasteiger partial charge in [-0.2, -0.15) is 0 Å². The summed E-state index contributed by atoms with van der Waals surface area (Å²) in [5.41, 5.74) is 1.19. The summed E-state index contributed by atoms with van der Waals surface area (Å²) in [6.45, 7) is 0.585. The van der Waals surface area contributed by atoms with Gasteiger partial charge in [0.05, 0.1) is 5.52 Å². The summed E-state index contributed by atoms with van der Waals surface area (Å²) < 4.78 is 9.59. The van der Waals surface area contributed by atoms with Crippen molar-refractivity contribution in [2.45, 2.75) is 6.73 Å². The predicted octanol–water partition coefficient (Wildman–Crippen LogP) is 3.61. The first-order chi connectivity index (χ1) is 6.74. The topological polar surface area (TPSA) is 14.2 Å². The summed E-state index contributed by atoms with van der Waals surface area (Å²) in [7, 11) is 1.70. The molecule has 0 amide bonds. The molecule has 0 unspecified atom stereocenters. The molecule has 0 saturated heterocycles. The van der Waals surface area contributed by atoms with E-state index in [-0.39, 0.29) is 0 Å². The third-order valence-electron chi connectivity index (χ3n) is 2.07. The quantitative estimate of drug-likeness (QED) is 0.741. The fourth-order valence-electron chi connectivity index (χ4n) is 1.51. The Hall–Kier alpha value is -0.0700. The number of aromatic nitrogens is 1. The molecule has 0 spiro atoms. The number of benzene rings is 1. The fraction of sp³-hybridized carbons (Fsp3) is 0.200. The van der Waals surface area contributed by atoms with Crippen molar-refractivity contribution < 1.29 is 4.74 Å². The van der Waals surface area contributed by atoms with Gasteiger partial charge < -0.3 is 9.30 Å². The Balaban J connectivity index is 2.72. The minimum atomic E-state index is 0.585. The smallest absolute Gasteiger partial charge is 0.122 e. The van der Waals surface area contributed by atoms with Crippen LogP contribution in [-0.2, 0) is 11.5 Å². The zero-order chi connectivity index (χ0) is 10.1. The van der Waals surface area contributed by atoms with E-state index in [0.717, 1.165) is 4.47 Å². The van der Waals surface area contributed by atoms with Crippen molar-refractivity contribution in [3.8, 4) is 0 Å². The summed E-state index contributed by atoms with van der Waals surface area (Å²) in [5, 5.41) is 1.26. The Morgan fingerprint density at radius 1 is 1.50 bits per heavy atom. The maximum Gasteiger partial charge on any atom is 0.122 e. The highest BCUT2D eigenvalue weighted by molar-refractivity contribution is 14.1. The fourth-order valence-corrected chi connectivity index (χ4v) is 2.88. The Kier molecular flexibility index (Phi) is 3.14. The van der Waals surface area contributed by atoms with Crippen LogP contribution in [-0.4, -0.2) is 11.7 Å². The van der Waals surface area contributed by atoms with Crippen LogP contribution in [0.4, 0.5) is 0 Å². The lowest BCUT2D eigenvalue weighted by Gasteiger charge is -2.04. The molecule has 0 N–H and O–H groups in total. The van der Waals surface area contributed by atoms with Crippen LogP contribution >= 0.6 is 38.5 Å². The van der Waals surface area contributed by atoms with Crippen LogP contribution in [0.15, 0.2) is 28.9 Å². The lowest BCUT2D eigenvalue weighted by Crippen LogP contribution is -1.97. The highest BCUT2D eigenvalue weighted by Gasteiger charge is 2.08. The van der Waals surface area contributed by atoms with Gasteiger partial charge in [-0.05, 0) is 44.6 Å². The van der Waals surface area contributed by atoms with Gasteiger partial charge in [0.1, 0.15) is 6.73 Å². The highest BCUT2D eigenvalue weighted by Crippen LogP contribution is 2.29. The maximum absolute atomic E-state index is 5.14. The Morgan fingerprint density at radius 2 is 2.29 bits per heavy atom. The van der Waals surface area contributed by atoms with Gasteiger partial charge in [-0.15, -0.1) is 0 Å². The van der Waals surface area contributed by atoms with Crippen molar-refractivity contribution >= 4 is 49.4 Å². The van der Waals surface area contributed by atoms with Crippen molar-refractivity contribution in [1.82, 2.24) is 4.57 Å². The molecule has 0 radical (unpaired) electrons. The third kappa shape index (κ3) is 1.70. The molecule has 0 aliphatic carbocycles. The SMILES string of the molecule is COCn1cc(I)c2cccc(Br)c21. The second-order valence-corrected chi connectivity index (χ2v) is 5.02. The summed E-state index contributed by atoms with van der Waals surface area (Å²) >= 11 is 5.89. The number of ether oxygens (including phenoxy) is 1. The van der Waals surface area contributed by atoms with Gasteiger partial charge in [-0.1, -0.05) is 12.1 Å². The number of hydrogen-bond donors (Lipinski definition) is 0. The van der Waals surface area contributed by atoms with E-state index in [1.165, 1.54) is 14.5 Å². The lowest BCUT2D eigenvalue weighted by atomic mass is 10.2. The van der Waals surface area contributed by atoms with E-state index < -0.39 is 0 Å². The molecule has 0 aliphatic rings.